The van der Waals surface area contributed by atoms with E-state index in [9.17, 15) is 13.2 Å². The number of fused-ring (bicyclic) bond motifs is 6. The topological polar surface area (TPSA) is 9.86 Å². The molecule has 2 nitrogen and oxygen atoms in total. The number of para-hydroxylation sites is 2. The monoisotopic (exact) mass is 732 g/mol. The summed E-state index contributed by atoms with van der Waals surface area (Å²) in [5, 5.41) is 3.06. The lowest BCUT2D eigenvalue weighted by Gasteiger charge is -2.24. The fraction of sp³-hybridized carbons (Fsp3) is 0.217. The molecule has 2 heterocycles. The van der Waals surface area contributed by atoms with Gasteiger partial charge in [0.25, 0.3) is 0 Å². The molecule has 0 aliphatic rings. The minimum absolute atomic E-state index is 0.147. The summed E-state index contributed by atoms with van der Waals surface area (Å²) < 4.78 is 94.3. The Bertz CT molecular complexity index is 2610. The number of alkyl halides is 6. The van der Waals surface area contributed by atoms with Crippen LogP contribution in [0.4, 0.5) is 26.3 Å². The van der Waals surface area contributed by atoms with Crippen LogP contribution in [-0.2, 0) is 23.2 Å². The normalized spacial score (nSPS) is 13.2. The van der Waals surface area contributed by atoms with Gasteiger partial charge in [0.2, 0.25) is 0 Å². The highest BCUT2D eigenvalue weighted by atomic mass is 19.4. The van der Waals surface area contributed by atoms with Crippen molar-refractivity contribution in [2.75, 3.05) is 0 Å². The van der Waals surface area contributed by atoms with Crippen molar-refractivity contribution in [3.05, 3.63) is 144 Å². The highest BCUT2D eigenvalue weighted by Crippen LogP contribution is 2.47. The van der Waals surface area contributed by atoms with Crippen LogP contribution in [-0.4, -0.2) is 9.13 Å². The highest BCUT2D eigenvalue weighted by Gasteiger charge is 2.40. The number of nitrogens with zero attached hydrogens (tertiary/aromatic N) is 2. The second kappa shape index (κ2) is 12.0. The SMILES string of the molecule is CC(C)(C)c1ccc2c3ccccc3n(-c3cc(-c4cccc(C(F)(F)F)c4)cc(-n4c5ccccc5c5ccc(C(C)(C)C)cc54)c3C(F)(F)F)c2c1. The first-order valence-electron chi connectivity index (χ1n) is 17.8. The van der Waals surface area contributed by atoms with E-state index in [1.54, 1.807) is 33.4 Å². The summed E-state index contributed by atoms with van der Waals surface area (Å²) in [6.45, 7) is 12.3. The van der Waals surface area contributed by atoms with Gasteiger partial charge in [0.05, 0.1) is 39.0 Å². The molecule has 0 aliphatic carbocycles. The van der Waals surface area contributed by atoms with Crippen molar-refractivity contribution in [2.24, 2.45) is 0 Å². The van der Waals surface area contributed by atoms with Crippen LogP contribution in [0.15, 0.2) is 121 Å². The van der Waals surface area contributed by atoms with Crippen molar-refractivity contribution in [3.63, 3.8) is 0 Å². The zero-order chi connectivity index (χ0) is 38.5. The Labute approximate surface area is 309 Å². The molecule has 8 rings (SSSR count). The van der Waals surface area contributed by atoms with Gasteiger partial charge in [-0.2, -0.15) is 26.3 Å². The zero-order valence-corrected chi connectivity index (χ0v) is 30.7. The lowest BCUT2D eigenvalue weighted by Crippen LogP contribution is -2.17. The summed E-state index contributed by atoms with van der Waals surface area (Å²) in [5.74, 6) is 0. The molecule has 0 atom stereocenters. The molecule has 8 heteroatoms. The van der Waals surface area contributed by atoms with Gasteiger partial charge in [-0.25, -0.2) is 0 Å². The molecule has 0 amide bonds. The maximum absolute atomic E-state index is 16.2. The lowest BCUT2D eigenvalue weighted by atomic mass is 9.86. The van der Waals surface area contributed by atoms with Crippen LogP contribution >= 0.6 is 0 Å². The number of rotatable bonds is 3. The molecule has 274 valence electrons. The molecule has 0 saturated heterocycles. The molecule has 54 heavy (non-hydrogen) atoms. The van der Waals surface area contributed by atoms with E-state index in [-0.39, 0.29) is 33.3 Å². The van der Waals surface area contributed by atoms with E-state index in [0.29, 0.717) is 22.1 Å². The number of benzene rings is 6. The summed E-state index contributed by atoms with van der Waals surface area (Å²) >= 11 is 0. The summed E-state index contributed by atoms with van der Waals surface area (Å²) in [4.78, 5) is 0. The number of hydrogen-bond donors (Lipinski definition) is 0. The first kappa shape index (κ1) is 35.5. The van der Waals surface area contributed by atoms with E-state index >= 15 is 13.2 Å². The predicted octanol–water partition coefficient (Wildman–Crippen LogP) is 14.2. The summed E-state index contributed by atoms with van der Waals surface area (Å²) in [5.41, 5.74) is 1.68. The number of halogens is 6. The van der Waals surface area contributed by atoms with Crippen LogP contribution < -0.4 is 0 Å². The minimum Gasteiger partial charge on any atom is -0.309 e. The fourth-order valence-electron chi connectivity index (χ4n) is 7.69. The minimum atomic E-state index is -4.89. The second-order valence-electron chi connectivity index (χ2n) is 16.1. The van der Waals surface area contributed by atoms with Gasteiger partial charge >= 0.3 is 12.4 Å². The van der Waals surface area contributed by atoms with Gasteiger partial charge in [0.1, 0.15) is 5.56 Å². The third-order valence-electron chi connectivity index (χ3n) is 10.5. The van der Waals surface area contributed by atoms with Gasteiger partial charge in [-0.05, 0) is 81.6 Å². The average Bonchev–Trinajstić information content (AvgIpc) is 3.62. The summed E-state index contributed by atoms with van der Waals surface area (Å²) in [7, 11) is 0. The molecule has 0 N–H and O–H groups in total. The van der Waals surface area contributed by atoms with Crippen molar-refractivity contribution in [3.8, 4) is 22.5 Å². The molecule has 0 unspecified atom stereocenters. The molecule has 8 aromatic rings. The van der Waals surface area contributed by atoms with Crippen LogP contribution in [0.1, 0.15) is 63.8 Å². The Morgan fingerprint density at radius 1 is 0.370 bits per heavy atom. The largest absolute Gasteiger partial charge is 0.420 e. The standard InChI is InChI=1S/C46H38F6N2/c1-43(2,3)29-18-20-34-32-14-7-9-16-36(32)53(38(34)25-29)40-23-28(27-12-11-13-31(22-27)45(47,48)49)24-41(42(40)46(50,51)52)54-37-17-10-8-15-33(37)35-21-19-30(26-39(35)54)44(4,5)6/h7-26H,1-6H3. The summed E-state index contributed by atoms with van der Waals surface area (Å²) in [6, 6.07) is 33.9. The van der Waals surface area contributed by atoms with Gasteiger partial charge in [0.15, 0.2) is 0 Å². The molecule has 0 saturated carbocycles. The summed E-state index contributed by atoms with van der Waals surface area (Å²) in [6.07, 6.45) is -9.55. The smallest absolute Gasteiger partial charge is 0.309 e. The van der Waals surface area contributed by atoms with Crippen molar-refractivity contribution in [1.82, 2.24) is 9.13 Å². The maximum atomic E-state index is 16.2. The third-order valence-corrected chi connectivity index (χ3v) is 10.5. The van der Waals surface area contributed by atoms with Gasteiger partial charge in [-0.15, -0.1) is 0 Å². The number of hydrogen-bond acceptors (Lipinski definition) is 0. The quantitative estimate of drug-likeness (QED) is 0.160. The first-order chi connectivity index (χ1) is 25.3. The van der Waals surface area contributed by atoms with E-state index in [2.05, 4.69) is 0 Å². The van der Waals surface area contributed by atoms with Crippen LogP contribution in [0.5, 0.6) is 0 Å². The average molecular weight is 733 g/mol. The Balaban J connectivity index is 1.60. The molecular formula is C46H38F6N2. The Morgan fingerprint density at radius 3 is 1.24 bits per heavy atom. The van der Waals surface area contributed by atoms with E-state index < -0.39 is 23.5 Å². The predicted molar refractivity (Wildman–Crippen MR) is 208 cm³/mol. The third kappa shape index (κ3) is 5.83. The van der Waals surface area contributed by atoms with Crippen molar-refractivity contribution in [2.45, 2.75) is 64.7 Å². The molecular weight excluding hydrogens is 695 g/mol. The van der Waals surface area contributed by atoms with E-state index in [1.807, 2.05) is 102 Å². The van der Waals surface area contributed by atoms with Gasteiger partial charge in [0, 0.05) is 21.5 Å². The Kier molecular flexibility index (Phi) is 7.90. The second-order valence-corrected chi connectivity index (χ2v) is 16.1. The molecule has 0 radical (unpaired) electrons. The van der Waals surface area contributed by atoms with Crippen molar-refractivity contribution in [1.29, 1.82) is 0 Å². The van der Waals surface area contributed by atoms with Crippen molar-refractivity contribution < 1.29 is 26.3 Å². The Morgan fingerprint density at radius 2 is 0.815 bits per heavy atom. The van der Waals surface area contributed by atoms with Crippen molar-refractivity contribution >= 4 is 43.6 Å². The van der Waals surface area contributed by atoms with E-state index in [0.717, 1.165) is 44.8 Å². The van der Waals surface area contributed by atoms with Crippen LogP contribution in [0.3, 0.4) is 0 Å². The van der Waals surface area contributed by atoms with Gasteiger partial charge in [-0.3, -0.25) is 0 Å². The van der Waals surface area contributed by atoms with Gasteiger partial charge in [-0.1, -0.05) is 114 Å². The molecule has 0 bridgehead atoms. The first-order valence-corrected chi connectivity index (χ1v) is 17.8. The van der Waals surface area contributed by atoms with Crippen LogP contribution in [0.25, 0.3) is 66.1 Å². The molecule has 6 aromatic carbocycles. The van der Waals surface area contributed by atoms with Gasteiger partial charge < -0.3 is 9.13 Å². The molecule has 0 spiro atoms. The fourth-order valence-corrected chi connectivity index (χ4v) is 7.69. The lowest BCUT2D eigenvalue weighted by molar-refractivity contribution is -0.138. The zero-order valence-electron chi connectivity index (χ0n) is 30.7. The van der Waals surface area contributed by atoms with E-state index in [1.165, 1.54) is 24.3 Å². The highest BCUT2D eigenvalue weighted by molar-refractivity contribution is 6.11. The number of aromatic nitrogens is 2. The molecule has 2 aromatic heterocycles. The molecule has 0 aliphatic heterocycles. The molecule has 0 fully saturated rings. The van der Waals surface area contributed by atoms with Crippen LogP contribution in [0.2, 0.25) is 0 Å². The maximum Gasteiger partial charge on any atom is 0.420 e. The van der Waals surface area contributed by atoms with Crippen LogP contribution in [0, 0.1) is 0 Å². The Hall–Kier alpha value is -5.50. The van der Waals surface area contributed by atoms with E-state index in [4.69, 9.17) is 0 Å².